The van der Waals surface area contributed by atoms with E-state index in [1.54, 1.807) is 0 Å². The quantitative estimate of drug-likeness (QED) is 0.208. The second-order valence-corrected chi connectivity index (χ2v) is 7.68. The topological polar surface area (TPSA) is 76.4 Å². The van der Waals surface area contributed by atoms with Crippen molar-refractivity contribution in [2.45, 2.75) is 72.3 Å². The Morgan fingerprint density at radius 2 is 1.96 bits per heavy atom. The van der Waals surface area contributed by atoms with Crippen molar-refractivity contribution >= 4 is 29.9 Å². The number of aromatic nitrogens is 3. The summed E-state index contributed by atoms with van der Waals surface area (Å²) in [6.45, 7) is 10.3. The average Bonchev–Trinajstić information content (AvgIpc) is 3.26. The summed E-state index contributed by atoms with van der Waals surface area (Å²) in [5.74, 6) is 2.68. The van der Waals surface area contributed by atoms with Gasteiger partial charge in [0.1, 0.15) is 12.4 Å². The summed E-state index contributed by atoms with van der Waals surface area (Å²) >= 11 is 0. The standard InChI is InChI=1S/C20H38N6O.HI/c1-5-7-13-21-19(22-15-18-25-24-17(3)26(18)4)23-16-20(10-8-9-11-20)12-14-27-6-2;/h5-16H2,1-4H3,(H2,21,22,23);1H. The minimum atomic E-state index is 0. The Bertz CT molecular complexity index is 583. The molecule has 0 aromatic carbocycles. The molecule has 28 heavy (non-hydrogen) atoms. The van der Waals surface area contributed by atoms with E-state index in [4.69, 9.17) is 9.73 Å². The second-order valence-electron chi connectivity index (χ2n) is 7.68. The number of unbranched alkanes of at least 4 members (excludes halogenated alkanes) is 1. The van der Waals surface area contributed by atoms with Crippen molar-refractivity contribution in [3.05, 3.63) is 11.6 Å². The zero-order valence-corrected chi connectivity index (χ0v) is 20.4. The van der Waals surface area contributed by atoms with Gasteiger partial charge < -0.3 is 19.9 Å². The van der Waals surface area contributed by atoms with Gasteiger partial charge in [0, 0.05) is 33.4 Å². The molecule has 0 radical (unpaired) electrons. The zero-order valence-electron chi connectivity index (χ0n) is 18.1. The SMILES string of the molecule is CCCCNC(=NCc1nnc(C)n1C)NCC1(CCOCC)CCCC1.I. The van der Waals surface area contributed by atoms with Crippen LogP contribution in [0, 0.1) is 12.3 Å². The lowest BCUT2D eigenvalue weighted by atomic mass is 9.83. The van der Waals surface area contributed by atoms with E-state index in [9.17, 15) is 0 Å². The molecule has 1 aliphatic carbocycles. The van der Waals surface area contributed by atoms with Crippen LogP contribution in [-0.4, -0.2) is 47.0 Å². The number of hydrogen-bond donors (Lipinski definition) is 2. The Kier molecular flexibility index (Phi) is 12.0. The van der Waals surface area contributed by atoms with Crippen LogP contribution < -0.4 is 10.6 Å². The lowest BCUT2D eigenvalue weighted by Crippen LogP contribution is -2.43. The third kappa shape index (κ3) is 7.85. The number of ether oxygens (including phenoxy) is 1. The summed E-state index contributed by atoms with van der Waals surface area (Å²) in [4.78, 5) is 4.77. The van der Waals surface area contributed by atoms with Crippen LogP contribution >= 0.6 is 24.0 Å². The third-order valence-electron chi connectivity index (χ3n) is 5.66. The summed E-state index contributed by atoms with van der Waals surface area (Å²) in [7, 11) is 1.99. The van der Waals surface area contributed by atoms with Gasteiger partial charge in [-0.2, -0.15) is 0 Å². The van der Waals surface area contributed by atoms with E-state index in [2.05, 4.69) is 34.7 Å². The van der Waals surface area contributed by atoms with Gasteiger partial charge in [0.25, 0.3) is 0 Å². The molecule has 162 valence electrons. The van der Waals surface area contributed by atoms with Crippen molar-refractivity contribution < 1.29 is 4.74 Å². The number of nitrogens with zero attached hydrogens (tertiary/aromatic N) is 4. The predicted molar refractivity (Wildman–Crippen MR) is 125 cm³/mol. The van der Waals surface area contributed by atoms with Crippen LogP contribution in [0.3, 0.4) is 0 Å². The van der Waals surface area contributed by atoms with Crippen molar-refractivity contribution in [3.63, 3.8) is 0 Å². The van der Waals surface area contributed by atoms with Crippen molar-refractivity contribution in [2.24, 2.45) is 17.5 Å². The number of aliphatic imine (C=N–C) groups is 1. The summed E-state index contributed by atoms with van der Waals surface area (Å²) in [6.07, 6.45) is 8.62. The molecular weight excluding hydrogens is 467 g/mol. The molecule has 1 aromatic heterocycles. The number of rotatable bonds is 11. The van der Waals surface area contributed by atoms with Gasteiger partial charge in [-0.25, -0.2) is 4.99 Å². The van der Waals surface area contributed by atoms with Gasteiger partial charge in [0.15, 0.2) is 11.8 Å². The molecule has 0 aliphatic heterocycles. The predicted octanol–water partition coefficient (Wildman–Crippen LogP) is 3.56. The largest absolute Gasteiger partial charge is 0.382 e. The molecule has 1 saturated carbocycles. The van der Waals surface area contributed by atoms with Gasteiger partial charge in [-0.05, 0) is 44.9 Å². The molecule has 0 atom stereocenters. The molecule has 0 spiro atoms. The summed E-state index contributed by atoms with van der Waals surface area (Å²) in [5.41, 5.74) is 0.337. The lowest BCUT2D eigenvalue weighted by molar-refractivity contribution is 0.105. The Morgan fingerprint density at radius 3 is 2.57 bits per heavy atom. The van der Waals surface area contributed by atoms with Crippen molar-refractivity contribution in [3.8, 4) is 0 Å². The normalized spacial score (nSPS) is 16.1. The monoisotopic (exact) mass is 506 g/mol. The van der Waals surface area contributed by atoms with E-state index in [1.807, 2.05) is 18.5 Å². The average molecular weight is 506 g/mol. The van der Waals surface area contributed by atoms with E-state index in [0.29, 0.717) is 12.0 Å². The minimum Gasteiger partial charge on any atom is -0.382 e. The molecule has 0 saturated heterocycles. The van der Waals surface area contributed by atoms with Crippen LogP contribution in [0.5, 0.6) is 0 Å². The lowest BCUT2D eigenvalue weighted by Gasteiger charge is -2.30. The van der Waals surface area contributed by atoms with Crippen LogP contribution in [-0.2, 0) is 18.3 Å². The smallest absolute Gasteiger partial charge is 0.191 e. The minimum absolute atomic E-state index is 0. The molecule has 1 aromatic rings. The maximum absolute atomic E-state index is 5.64. The molecule has 0 bridgehead atoms. The molecule has 1 aliphatic rings. The van der Waals surface area contributed by atoms with Gasteiger partial charge in [-0.1, -0.05) is 26.2 Å². The summed E-state index contributed by atoms with van der Waals surface area (Å²) < 4.78 is 7.63. The molecule has 1 fully saturated rings. The van der Waals surface area contributed by atoms with E-state index < -0.39 is 0 Å². The van der Waals surface area contributed by atoms with E-state index in [-0.39, 0.29) is 24.0 Å². The van der Waals surface area contributed by atoms with Crippen LogP contribution in [0.4, 0.5) is 0 Å². The number of hydrogen-bond acceptors (Lipinski definition) is 4. The number of halogens is 1. The molecule has 0 amide bonds. The number of nitrogens with one attached hydrogen (secondary N) is 2. The van der Waals surface area contributed by atoms with Crippen molar-refractivity contribution in [1.29, 1.82) is 0 Å². The highest BCUT2D eigenvalue weighted by atomic mass is 127. The molecule has 0 unspecified atom stereocenters. The maximum atomic E-state index is 5.64. The van der Waals surface area contributed by atoms with Gasteiger partial charge in [-0.15, -0.1) is 34.2 Å². The molecule has 8 heteroatoms. The second kappa shape index (κ2) is 13.3. The first-order valence-electron chi connectivity index (χ1n) is 10.5. The van der Waals surface area contributed by atoms with Gasteiger partial charge in [0.2, 0.25) is 0 Å². The van der Waals surface area contributed by atoms with Gasteiger partial charge >= 0.3 is 0 Å². The molecule has 2 rings (SSSR count). The highest BCUT2D eigenvalue weighted by Gasteiger charge is 2.33. The fourth-order valence-electron chi connectivity index (χ4n) is 3.64. The van der Waals surface area contributed by atoms with Crippen LogP contribution in [0.25, 0.3) is 0 Å². The maximum Gasteiger partial charge on any atom is 0.191 e. The van der Waals surface area contributed by atoms with Crippen LogP contribution in [0.2, 0.25) is 0 Å². The highest BCUT2D eigenvalue weighted by molar-refractivity contribution is 14.0. The highest BCUT2D eigenvalue weighted by Crippen LogP contribution is 2.40. The fraction of sp³-hybridized carbons (Fsp3) is 0.850. The summed E-state index contributed by atoms with van der Waals surface area (Å²) in [6, 6.07) is 0. The van der Waals surface area contributed by atoms with Gasteiger partial charge in [-0.3, -0.25) is 0 Å². The third-order valence-corrected chi connectivity index (χ3v) is 5.66. The first-order chi connectivity index (χ1) is 13.1. The Hall–Kier alpha value is -0.900. The molecule has 7 nitrogen and oxygen atoms in total. The Labute approximate surface area is 187 Å². The van der Waals surface area contributed by atoms with Crippen molar-refractivity contribution in [2.75, 3.05) is 26.3 Å². The van der Waals surface area contributed by atoms with Crippen LogP contribution in [0.15, 0.2) is 4.99 Å². The van der Waals surface area contributed by atoms with Crippen molar-refractivity contribution in [1.82, 2.24) is 25.4 Å². The first kappa shape index (κ1) is 25.1. The molecule has 2 N–H and O–H groups in total. The number of aryl methyl sites for hydroxylation is 1. The number of guanidine groups is 1. The Morgan fingerprint density at radius 1 is 1.21 bits per heavy atom. The van der Waals surface area contributed by atoms with E-state index in [0.717, 1.165) is 56.8 Å². The molecular formula is C20H39IN6O. The molecule has 1 heterocycles. The van der Waals surface area contributed by atoms with E-state index in [1.165, 1.54) is 32.1 Å². The van der Waals surface area contributed by atoms with Crippen LogP contribution in [0.1, 0.15) is 70.4 Å². The fourth-order valence-corrected chi connectivity index (χ4v) is 3.64. The first-order valence-corrected chi connectivity index (χ1v) is 10.5. The zero-order chi connectivity index (χ0) is 19.5. The van der Waals surface area contributed by atoms with Gasteiger partial charge in [0.05, 0.1) is 0 Å². The Balaban J connectivity index is 0.00000392. The summed E-state index contributed by atoms with van der Waals surface area (Å²) in [5, 5.41) is 15.4. The van der Waals surface area contributed by atoms with E-state index >= 15 is 0 Å².